The van der Waals surface area contributed by atoms with Crippen LogP contribution in [-0.2, 0) is 4.79 Å². The van der Waals surface area contributed by atoms with Crippen molar-refractivity contribution in [3.8, 4) is 0 Å². The van der Waals surface area contributed by atoms with Crippen molar-refractivity contribution < 1.29 is 4.79 Å². The summed E-state index contributed by atoms with van der Waals surface area (Å²) in [6.45, 7) is 7.13. The van der Waals surface area contributed by atoms with E-state index >= 15 is 0 Å². The maximum absolute atomic E-state index is 11.8. The molecule has 0 aromatic carbocycles. The summed E-state index contributed by atoms with van der Waals surface area (Å²) in [5.41, 5.74) is 5.83. The van der Waals surface area contributed by atoms with Gasteiger partial charge in [0.05, 0.1) is 0 Å². The van der Waals surface area contributed by atoms with Gasteiger partial charge in [-0.25, -0.2) is 0 Å². The number of nitrogens with two attached hydrogens (primary N) is 1. The monoisotopic (exact) mass is 212 g/mol. The third-order valence-electron chi connectivity index (χ3n) is 3.31. The molecule has 0 radical (unpaired) electrons. The van der Waals surface area contributed by atoms with Crippen molar-refractivity contribution in [2.75, 3.05) is 19.6 Å². The topological polar surface area (TPSA) is 46.3 Å². The lowest BCUT2D eigenvalue weighted by Gasteiger charge is -2.37. The Morgan fingerprint density at radius 1 is 1.27 bits per heavy atom. The molecule has 0 spiro atoms. The molecule has 0 aromatic rings. The third-order valence-corrected chi connectivity index (χ3v) is 3.31. The van der Waals surface area contributed by atoms with Crippen molar-refractivity contribution in [3.05, 3.63) is 0 Å². The van der Waals surface area contributed by atoms with E-state index in [1.54, 1.807) is 0 Å². The Morgan fingerprint density at radius 3 is 2.40 bits per heavy atom. The molecule has 2 N–H and O–H groups in total. The van der Waals surface area contributed by atoms with E-state index in [4.69, 9.17) is 5.73 Å². The number of hydrogen-bond acceptors (Lipinski definition) is 2. The van der Waals surface area contributed by atoms with Crippen LogP contribution in [0.4, 0.5) is 0 Å². The van der Waals surface area contributed by atoms with Crippen LogP contribution in [0.25, 0.3) is 0 Å². The fourth-order valence-electron chi connectivity index (χ4n) is 1.94. The Balaban J connectivity index is 2.24. The minimum Gasteiger partial charge on any atom is -0.343 e. The summed E-state index contributed by atoms with van der Waals surface area (Å²) in [5, 5.41) is 0. The predicted molar refractivity (Wildman–Crippen MR) is 62.5 cm³/mol. The van der Waals surface area contributed by atoms with Crippen LogP contribution in [0.2, 0.25) is 0 Å². The van der Waals surface area contributed by atoms with Crippen molar-refractivity contribution >= 4 is 5.91 Å². The minimum atomic E-state index is 0.318. The molecule has 3 nitrogen and oxygen atoms in total. The number of hydrogen-bond donors (Lipinski definition) is 1. The molecule has 1 heterocycles. The molecule has 1 fully saturated rings. The Bertz CT molecular complexity index is 204. The van der Waals surface area contributed by atoms with Gasteiger partial charge < -0.3 is 10.6 Å². The van der Waals surface area contributed by atoms with Crippen LogP contribution in [0, 0.1) is 5.41 Å². The van der Waals surface area contributed by atoms with Crippen molar-refractivity contribution in [1.82, 2.24) is 4.90 Å². The molecule has 1 aliphatic rings. The second-order valence-electron chi connectivity index (χ2n) is 5.29. The van der Waals surface area contributed by atoms with Crippen molar-refractivity contribution in [2.24, 2.45) is 11.1 Å². The Morgan fingerprint density at radius 2 is 1.87 bits per heavy atom. The molecule has 15 heavy (non-hydrogen) atoms. The van der Waals surface area contributed by atoms with Gasteiger partial charge in [0.1, 0.15) is 0 Å². The van der Waals surface area contributed by atoms with E-state index in [2.05, 4.69) is 13.8 Å². The molecule has 88 valence electrons. The van der Waals surface area contributed by atoms with E-state index in [-0.39, 0.29) is 0 Å². The summed E-state index contributed by atoms with van der Waals surface area (Å²) in [6.07, 6.45) is 4.85. The van der Waals surface area contributed by atoms with Gasteiger partial charge >= 0.3 is 0 Å². The van der Waals surface area contributed by atoms with Gasteiger partial charge in [-0.2, -0.15) is 0 Å². The SMILES string of the molecule is CC1(C)CCN(C(=O)CCCCN)CC1. The van der Waals surface area contributed by atoms with Gasteiger partial charge in [0.15, 0.2) is 0 Å². The fourth-order valence-corrected chi connectivity index (χ4v) is 1.94. The van der Waals surface area contributed by atoms with E-state index in [1.165, 1.54) is 0 Å². The van der Waals surface area contributed by atoms with E-state index < -0.39 is 0 Å². The van der Waals surface area contributed by atoms with E-state index in [0.29, 0.717) is 24.3 Å². The summed E-state index contributed by atoms with van der Waals surface area (Å²) in [7, 11) is 0. The number of carbonyl (C=O) groups excluding carboxylic acids is 1. The summed E-state index contributed by atoms with van der Waals surface area (Å²) in [5.74, 6) is 0.318. The van der Waals surface area contributed by atoms with Gasteiger partial charge in [-0.15, -0.1) is 0 Å². The number of carbonyl (C=O) groups is 1. The molecule has 1 saturated heterocycles. The number of amides is 1. The first-order valence-electron chi connectivity index (χ1n) is 6.03. The molecule has 0 saturated carbocycles. The normalized spacial score (nSPS) is 20.3. The lowest BCUT2D eigenvalue weighted by molar-refractivity contribution is -0.133. The zero-order chi connectivity index (χ0) is 11.3. The average Bonchev–Trinajstić information content (AvgIpc) is 2.18. The number of unbranched alkanes of at least 4 members (excludes halogenated alkanes) is 1. The zero-order valence-electron chi connectivity index (χ0n) is 10.1. The van der Waals surface area contributed by atoms with E-state index in [9.17, 15) is 4.79 Å². The zero-order valence-corrected chi connectivity index (χ0v) is 10.1. The van der Waals surface area contributed by atoms with Crippen LogP contribution in [0.1, 0.15) is 46.0 Å². The Labute approximate surface area is 93.0 Å². The Hall–Kier alpha value is -0.570. The molecule has 0 bridgehead atoms. The van der Waals surface area contributed by atoms with Gasteiger partial charge in [0.2, 0.25) is 5.91 Å². The molecule has 0 aromatic heterocycles. The molecular weight excluding hydrogens is 188 g/mol. The van der Waals surface area contributed by atoms with E-state index in [0.717, 1.165) is 38.8 Å². The van der Waals surface area contributed by atoms with E-state index in [1.807, 2.05) is 4.90 Å². The number of piperidine rings is 1. The number of rotatable bonds is 4. The van der Waals surface area contributed by atoms with Crippen LogP contribution in [0.15, 0.2) is 0 Å². The molecule has 1 aliphatic heterocycles. The molecule has 0 unspecified atom stereocenters. The minimum absolute atomic E-state index is 0.318. The van der Waals surface area contributed by atoms with Crippen LogP contribution in [0.3, 0.4) is 0 Å². The first-order valence-corrected chi connectivity index (χ1v) is 6.03. The molecule has 3 heteroatoms. The summed E-state index contributed by atoms with van der Waals surface area (Å²) in [4.78, 5) is 13.8. The van der Waals surface area contributed by atoms with Gasteiger partial charge in [0, 0.05) is 19.5 Å². The maximum atomic E-state index is 11.8. The largest absolute Gasteiger partial charge is 0.343 e. The van der Waals surface area contributed by atoms with Gasteiger partial charge in [-0.1, -0.05) is 13.8 Å². The second-order valence-corrected chi connectivity index (χ2v) is 5.29. The van der Waals surface area contributed by atoms with Gasteiger partial charge in [-0.05, 0) is 37.6 Å². The molecule has 1 amide bonds. The van der Waals surface area contributed by atoms with Crippen LogP contribution < -0.4 is 5.73 Å². The molecule has 0 atom stereocenters. The molecule has 0 aliphatic carbocycles. The highest BCUT2D eigenvalue weighted by molar-refractivity contribution is 5.76. The second kappa shape index (κ2) is 5.50. The highest BCUT2D eigenvalue weighted by atomic mass is 16.2. The number of nitrogens with zero attached hydrogens (tertiary/aromatic N) is 1. The predicted octanol–water partition coefficient (Wildman–Crippen LogP) is 1.76. The molecular formula is C12H24N2O. The lowest BCUT2D eigenvalue weighted by Crippen LogP contribution is -2.41. The van der Waals surface area contributed by atoms with Crippen molar-refractivity contribution in [3.63, 3.8) is 0 Å². The van der Waals surface area contributed by atoms with Crippen LogP contribution in [0.5, 0.6) is 0 Å². The maximum Gasteiger partial charge on any atom is 0.222 e. The fraction of sp³-hybridized carbons (Fsp3) is 0.917. The van der Waals surface area contributed by atoms with Crippen molar-refractivity contribution in [2.45, 2.75) is 46.0 Å². The quantitative estimate of drug-likeness (QED) is 0.722. The highest BCUT2D eigenvalue weighted by Crippen LogP contribution is 2.29. The van der Waals surface area contributed by atoms with Crippen molar-refractivity contribution in [1.29, 1.82) is 0 Å². The summed E-state index contributed by atoms with van der Waals surface area (Å²) in [6, 6.07) is 0. The highest BCUT2D eigenvalue weighted by Gasteiger charge is 2.27. The Kier molecular flexibility index (Phi) is 4.58. The first kappa shape index (κ1) is 12.5. The summed E-state index contributed by atoms with van der Waals surface area (Å²) >= 11 is 0. The van der Waals surface area contributed by atoms with Crippen LogP contribution >= 0.6 is 0 Å². The summed E-state index contributed by atoms with van der Waals surface area (Å²) < 4.78 is 0. The number of likely N-dealkylation sites (tertiary alicyclic amines) is 1. The standard InChI is InChI=1S/C12H24N2O/c1-12(2)6-9-14(10-7-12)11(15)5-3-4-8-13/h3-10,13H2,1-2H3. The average molecular weight is 212 g/mol. The lowest BCUT2D eigenvalue weighted by atomic mass is 9.82. The third kappa shape index (κ3) is 4.20. The smallest absolute Gasteiger partial charge is 0.222 e. The van der Waals surface area contributed by atoms with Crippen LogP contribution in [-0.4, -0.2) is 30.4 Å². The first-order chi connectivity index (χ1) is 7.05. The van der Waals surface area contributed by atoms with Gasteiger partial charge in [-0.3, -0.25) is 4.79 Å². The van der Waals surface area contributed by atoms with Gasteiger partial charge in [0.25, 0.3) is 0 Å². The molecule has 1 rings (SSSR count).